The molecule has 0 heterocycles. The van der Waals surface area contributed by atoms with E-state index in [4.69, 9.17) is 5.26 Å². The van der Waals surface area contributed by atoms with E-state index in [1.807, 2.05) is 24.3 Å². The van der Waals surface area contributed by atoms with Gasteiger partial charge < -0.3 is 5.11 Å². The van der Waals surface area contributed by atoms with Crippen molar-refractivity contribution in [3.8, 4) is 22.9 Å². The summed E-state index contributed by atoms with van der Waals surface area (Å²) in [5, 5.41) is 18.4. The second-order valence-corrected chi connectivity index (χ2v) is 3.89. The Labute approximate surface area is 101 Å². The summed E-state index contributed by atoms with van der Waals surface area (Å²) in [5.74, 6) is 0.0320. The minimum absolute atomic E-state index is 0.0320. The van der Waals surface area contributed by atoms with E-state index < -0.39 is 0 Å². The number of benzene rings is 2. The Morgan fingerprint density at radius 3 is 2.24 bits per heavy atom. The number of aryl methyl sites for hydroxylation is 1. The molecule has 2 nitrogen and oxygen atoms in total. The second kappa shape index (κ2) is 4.71. The molecular weight excluding hydrogens is 210 g/mol. The number of phenolic OH excluding ortho intramolecular Hbond substituents is 1. The molecule has 0 aromatic heterocycles. The molecule has 0 saturated carbocycles. The molecule has 0 atom stereocenters. The van der Waals surface area contributed by atoms with Crippen LogP contribution in [0.3, 0.4) is 0 Å². The molecule has 84 valence electrons. The van der Waals surface area contributed by atoms with Crippen LogP contribution in [-0.2, 0) is 6.42 Å². The zero-order valence-electron chi connectivity index (χ0n) is 9.64. The van der Waals surface area contributed by atoms with E-state index in [9.17, 15) is 5.11 Å². The van der Waals surface area contributed by atoms with E-state index in [1.165, 1.54) is 5.56 Å². The van der Waals surface area contributed by atoms with Gasteiger partial charge in [-0.25, -0.2) is 0 Å². The third kappa shape index (κ3) is 2.29. The lowest BCUT2D eigenvalue weighted by atomic mass is 10.0. The second-order valence-electron chi connectivity index (χ2n) is 3.89. The van der Waals surface area contributed by atoms with E-state index in [-0.39, 0.29) is 5.75 Å². The lowest BCUT2D eigenvalue weighted by molar-refractivity contribution is 0.474. The van der Waals surface area contributed by atoms with Gasteiger partial charge in [-0.1, -0.05) is 37.3 Å². The summed E-state index contributed by atoms with van der Waals surface area (Å²) >= 11 is 0. The third-order valence-corrected chi connectivity index (χ3v) is 2.81. The minimum Gasteiger partial charge on any atom is -0.507 e. The molecule has 0 fully saturated rings. The van der Waals surface area contributed by atoms with E-state index >= 15 is 0 Å². The van der Waals surface area contributed by atoms with Crippen molar-refractivity contribution in [2.75, 3.05) is 0 Å². The van der Waals surface area contributed by atoms with Gasteiger partial charge in [-0.2, -0.15) is 5.26 Å². The monoisotopic (exact) mass is 223 g/mol. The van der Waals surface area contributed by atoms with Crippen LogP contribution in [0, 0.1) is 11.3 Å². The SMILES string of the molecule is CCc1ccc(-c2ccc(C#N)c(O)c2)cc1. The Bertz CT molecular complexity index is 564. The lowest BCUT2D eigenvalue weighted by Crippen LogP contribution is -1.83. The standard InChI is InChI=1S/C15H13NO/c1-2-11-3-5-12(6-4-11)13-7-8-14(10-16)15(17)9-13/h3-9,17H,2H2,1H3. The quantitative estimate of drug-likeness (QED) is 0.846. The summed E-state index contributed by atoms with van der Waals surface area (Å²) in [5.41, 5.74) is 3.55. The molecule has 0 aliphatic carbocycles. The number of hydrogen-bond acceptors (Lipinski definition) is 2. The van der Waals surface area contributed by atoms with Crippen LogP contribution >= 0.6 is 0 Å². The van der Waals surface area contributed by atoms with Crippen LogP contribution in [0.25, 0.3) is 11.1 Å². The van der Waals surface area contributed by atoms with Crippen molar-refractivity contribution in [3.63, 3.8) is 0 Å². The molecule has 2 heteroatoms. The molecule has 1 N–H and O–H groups in total. The van der Waals surface area contributed by atoms with Gasteiger partial charge in [0.05, 0.1) is 5.56 Å². The van der Waals surface area contributed by atoms with Crippen LogP contribution < -0.4 is 0 Å². The smallest absolute Gasteiger partial charge is 0.133 e. The van der Waals surface area contributed by atoms with Crippen molar-refractivity contribution in [1.29, 1.82) is 5.26 Å². The highest BCUT2D eigenvalue weighted by Gasteiger charge is 2.03. The van der Waals surface area contributed by atoms with Crippen LogP contribution in [0.4, 0.5) is 0 Å². The summed E-state index contributed by atoms with van der Waals surface area (Å²) < 4.78 is 0. The Morgan fingerprint density at radius 2 is 1.71 bits per heavy atom. The Kier molecular flexibility index (Phi) is 3.11. The highest BCUT2D eigenvalue weighted by molar-refractivity contribution is 5.67. The number of phenols is 1. The summed E-state index contributed by atoms with van der Waals surface area (Å²) in [6.07, 6.45) is 1.01. The number of nitriles is 1. The van der Waals surface area contributed by atoms with Crippen LogP contribution in [0.5, 0.6) is 5.75 Å². The van der Waals surface area contributed by atoms with Crippen molar-refractivity contribution in [2.24, 2.45) is 0 Å². The summed E-state index contributed by atoms with van der Waals surface area (Å²) in [4.78, 5) is 0. The molecule has 0 aliphatic rings. The molecule has 0 aliphatic heterocycles. The zero-order valence-corrected chi connectivity index (χ0v) is 9.64. The first-order valence-electron chi connectivity index (χ1n) is 5.57. The maximum atomic E-state index is 9.63. The maximum Gasteiger partial charge on any atom is 0.133 e. The molecule has 17 heavy (non-hydrogen) atoms. The van der Waals surface area contributed by atoms with E-state index in [0.717, 1.165) is 17.5 Å². The molecule has 0 unspecified atom stereocenters. The summed E-state index contributed by atoms with van der Waals surface area (Å²) in [6.45, 7) is 2.11. The van der Waals surface area contributed by atoms with Crippen molar-refractivity contribution in [2.45, 2.75) is 13.3 Å². The fraction of sp³-hybridized carbons (Fsp3) is 0.133. The van der Waals surface area contributed by atoms with Gasteiger partial charge in [-0.05, 0) is 35.2 Å². The maximum absolute atomic E-state index is 9.63. The molecular formula is C15H13NO. The number of rotatable bonds is 2. The topological polar surface area (TPSA) is 44.0 Å². The van der Waals surface area contributed by atoms with Crippen LogP contribution in [-0.4, -0.2) is 5.11 Å². The van der Waals surface area contributed by atoms with Gasteiger partial charge in [0.1, 0.15) is 11.8 Å². The van der Waals surface area contributed by atoms with Crippen molar-refractivity contribution in [3.05, 3.63) is 53.6 Å². The van der Waals surface area contributed by atoms with E-state index in [1.54, 1.807) is 12.1 Å². The molecule has 2 aromatic carbocycles. The molecule has 0 saturated heterocycles. The van der Waals surface area contributed by atoms with Crippen LogP contribution in [0.2, 0.25) is 0 Å². The predicted octanol–water partition coefficient (Wildman–Crippen LogP) is 3.49. The van der Waals surface area contributed by atoms with Gasteiger partial charge in [0, 0.05) is 0 Å². The molecule has 2 rings (SSSR count). The number of aromatic hydroxyl groups is 1. The average Bonchev–Trinajstić information content (AvgIpc) is 2.39. The molecule has 0 bridgehead atoms. The Balaban J connectivity index is 2.40. The third-order valence-electron chi connectivity index (χ3n) is 2.81. The average molecular weight is 223 g/mol. The van der Waals surface area contributed by atoms with Gasteiger partial charge in [-0.15, -0.1) is 0 Å². The molecule has 0 radical (unpaired) electrons. The molecule has 2 aromatic rings. The van der Waals surface area contributed by atoms with Gasteiger partial charge in [-0.3, -0.25) is 0 Å². The highest BCUT2D eigenvalue weighted by Crippen LogP contribution is 2.26. The minimum atomic E-state index is 0.0320. The lowest BCUT2D eigenvalue weighted by Gasteiger charge is -2.04. The van der Waals surface area contributed by atoms with Crippen LogP contribution in [0.15, 0.2) is 42.5 Å². The first kappa shape index (κ1) is 11.2. The fourth-order valence-electron chi connectivity index (χ4n) is 1.74. The van der Waals surface area contributed by atoms with Gasteiger partial charge >= 0.3 is 0 Å². The normalized spacial score (nSPS) is 9.88. The Morgan fingerprint density at radius 1 is 1.06 bits per heavy atom. The van der Waals surface area contributed by atoms with Crippen molar-refractivity contribution >= 4 is 0 Å². The van der Waals surface area contributed by atoms with Crippen LogP contribution in [0.1, 0.15) is 18.1 Å². The predicted molar refractivity (Wildman–Crippen MR) is 67.6 cm³/mol. The number of nitrogens with zero attached hydrogens (tertiary/aromatic N) is 1. The van der Waals surface area contributed by atoms with Gasteiger partial charge in [0.2, 0.25) is 0 Å². The van der Waals surface area contributed by atoms with Gasteiger partial charge in [0.15, 0.2) is 0 Å². The molecule has 0 spiro atoms. The highest BCUT2D eigenvalue weighted by atomic mass is 16.3. The first-order valence-corrected chi connectivity index (χ1v) is 5.57. The zero-order chi connectivity index (χ0) is 12.3. The van der Waals surface area contributed by atoms with Gasteiger partial charge in [0.25, 0.3) is 0 Å². The largest absolute Gasteiger partial charge is 0.507 e. The van der Waals surface area contributed by atoms with Crippen molar-refractivity contribution in [1.82, 2.24) is 0 Å². The fourth-order valence-corrected chi connectivity index (χ4v) is 1.74. The Hall–Kier alpha value is -2.27. The number of hydrogen-bond donors (Lipinski definition) is 1. The summed E-state index contributed by atoms with van der Waals surface area (Å²) in [7, 11) is 0. The first-order chi connectivity index (χ1) is 8.24. The molecule has 0 amide bonds. The summed E-state index contributed by atoms with van der Waals surface area (Å²) in [6, 6.07) is 15.3. The van der Waals surface area contributed by atoms with E-state index in [0.29, 0.717) is 5.56 Å². The van der Waals surface area contributed by atoms with Crippen molar-refractivity contribution < 1.29 is 5.11 Å². The van der Waals surface area contributed by atoms with E-state index in [2.05, 4.69) is 19.1 Å².